The Morgan fingerprint density at radius 1 is 0.944 bits per heavy atom. The van der Waals surface area contributed by atoms with Crippen LogP contribution in [0.2, 0.25) is 0 Å². The Kier molecular flexibility index (Phi) is 2.57. The van der Waals surface area contributed by atoms with Gasteiger partial charge in [0.2, 0.25) is 5.95 Å². The van der Waals surface area contributed by atoms with Gasteiger partial charge in [0, 0.05) is 18.8 Å². The Morgan fingerprint density at radius 3 is 2.56 bits per heavy atom. The average molecular weight is 237 g/mol. The van der Waals surface area contributed by atoms with E-state index in [-0.39, 0.29) is 5.95 Å². The molecule has 2 heterocycles. The highest BCUT2D eigenvalue weighted by Crippen LogP contribution is 2.15. The molecule has 0 aliphatic heterocycles. The van der Waals surface area contributed by atoms with E-state index in [1.54, 1.807) is 12.4 Å². The van der Waals surface area contributed by atoms with Crippen LogP contribution in [0.5, 0.6) is 0 Å². The summed E-state index contributed by atoms with van der Waals surface area (Å²) in [6, 6.07) is 10.1. The highest BCUT2D eigenvalue weighted by Gasteiger charge is 2.08. The van der Waals surface area contributed by atoms with Crippen LogP contribution in [-0.2, 0) is 6.42 Å². The minimum absolute atomic E-state index is 0.230. The van der Waals surface area contributed by atoms with Crippen molar-refractivity contribution in [3.8, 4) is 0 Å². The van der Waals surface area contributed by atoms with Crippen molar-refractivity contribution in [2.24, 2.45) is 0 Å². The Morgan fingerprint density at radius 2 is 1.72 bits per heavy atom. The third kappa shape index (κ3) is 1.98. The van der Waals surface area contributed by atoms with Crippen molar-refractivity contribution in [3.63, 3.8) is 0 Å². The minimum atomic E-state index is 0.230. The van der Waals surface area contributed by atoms with Gasteiger partial charge in [0.1, 0.15) is 5.52 Å². The number of anilines is 1. The molecule has 18 heavy (non-hydrogen) atoms. The molecule has 0 aliphatic rings. The molecule has 2 N–H and O–H groups in total. The quantitative estimate of drug-likeness (QED) is 0.732. The molecule has 2 aromatic heterocycles. The number of nitrogens with two attached hydrogens (primary N) is 1. The zero-order chi connectivity index (χ0) is 12.4. The fourth-order valence-corrected chi connectivity index (χ4v) is 1.85. The molecule has 5 nitrogen and oxygen atoms in total. The second kappa shape index (κ2) is 4.37. The molecule has 0 fully saturated rings. The summed E-state index contributed by atoms with van der Waals surface area (Å²) in [5, 5.41) is 0. The lowest BCUT2D eigenvalue weighted by Gasteiger charge is -2.05. The highest BCUT2D eigenvalue weighted by atomic mass is 15.0. The molecule has 0 atom stereocenters. The molecular weight excluding hydrogens is 226 g/mol. The highest BCUT2D eigenvalue weighted by molar-refractivity contribution is 5.73. The number of fused-ring (bicyclic) bond motifs is 1. The van der Waals surface area contributed by atoms with Gasteiger partial charge in [-0.15, -0.1) is 0 Å². The van der Waals surface area contributed by atoms with E-state index in [9.17, 15) is 0 Å². The molecule has 3 aromatic rings. The van der Waals surface area contributed by atoms with Gasteiger partial charge in [0.25, 0.3) is 0 Å². The summed E-state index contributed by atoms with van der Waals surface area (Å²) in [7, 11) is 0. The summed E-state index contributed by atoms with van der Waals surface area (Å²) >= 11 is 0. The first-order valence-electron chi connectivity index (χ1n) is 5.60. The molecule has 0 bridgehead atoms. The molecule has 88 valence electrons. The summed E-state index contributed by atoms with van der Waals surface area (Å²) < 4.78 is 0. The van der Waals surface area contributed by atoms with E-state index < -0.39 is 0 Å². The Bertz CT molecular complexity index is 681. The van der Waals surface area contributed by atoms with Crippen LogP contribution in [0.3, 0.4) is 0 Å². The lowest BCUT2D eigenvalue weighted by molar-refractivity contribution is 1.04. The molecule has 0 aliphatic carbocycles. The van der Waals surface area contributed by atoms with Gasteiger partial charge >= 0.3 is 0 Å². The molecule has 0 radical (unpaired) electrons. The van der Waals surface area contributed by atoms with Crippen molar-refractivity contribution in [3.05, 3.63) is 54.0 Å². The zero-order valence-electron chi connectivity index (χ0n) is 9.61. The first kappa shape index (κ1) is 10.6. The van der Waals surface area contributed by atoms with Crippen LogP contribution in [0.4, 0.5) is 5.95 Å². The second-order valence-corrected chi connectivity index (χ2v) is 3.92. The first-order valence-corrected chi connectivity index (χ1v) is 5.60. The zero-order valence-corrected chi connectivity index (χ0v) is 9.61. The van der Waals surface area contributed by atoms with Crippen molar-refractivity contribution in [2.45, 2.75) is 6.42 Å². The SMILES string of the molecule is Nc1nc(Cc2ccccc2)c2nccnc2n1. The van der Waals surface area contributed by atoms with Crippen LogP contribution in [-0.4, -0.2) is 19.9 Å². The predicted octanol–water partition coefficient (Wildman–Crippen LogP) is 1.59. The maximum atomic E-state index is 5.69. The topological polar surface area (TPSA) is 77.6 Å². The molecule has 0 saturated carbocycles. The molecule has 3 rings (SSSR count). The lowest BCUT2D eigenvalue weighted by Crippen LogP contribution is -2.03. The lowest BCUT2D eigenvalue weighted by atomic mass is 10.1. The van der Waals surface area contributed by atoms with E-state index >= 15 is 0 Å². The summed E-state index contributed by atoms with van der Waals surface area (Å²) in [5.41, 5.74) is 8.89. The van der Waals surface area contributed by atoms with Crippen molar-refractivity contribution in [1.29, 1.82) is 0 Å². The Balaban J connectivity index is 2.11. The minimum Gasteiger partial charge on any atom is -0.368 e. The Hall–Kier alpha value is -2.56. The molecular formula is C13H11N5. The largest absolute Gasteiger partial charge is 0.368 e. The van der Waals surface area contributed by atoms with Gasteiger partial charge in [-0.1, -0.05) is 30.3 Å². The number of hydrogen-bond donors (Lipinski definition) is 1. The molecule has 0 saturated heterocycles. The Labute approximate surface area is 104 Å². The van der Waals surface area contributed by atoms with E-state index in [4.69, 9.17) is 5.73 Å². The molecule has 0 spiro atoms. The number of nitrogens with zero attached hydrogens (tertiary/aromatic N) is 4. The normalized spacial score (nSPS) is 10.7. The van der Waals surface area contributed by atoms with Crippen molar-refractivity contribution in [1.82, 2.24) is 19.9 Å². The monoisotopic (exact) mass is 237 g/mol. The average Bonchev–Trinajstić information content (AvgIpc) is 2.40. The van der Waals surface area contributed by atoms with Gasteiger partial charge in [-0.25, -0.2) is 15.0 Å². The number of aromatic nitrogens is 4. The van der Waals surface area contributed by atoms with Gasteiger partial charge in [0.05, 0.1) is 5.69 Å². The number of benzene rings is 1. The standard InChI is InChI=1S/C13H11N5/c14-13-17-10(8-9-4-2-1-3-5-9)11-12(18-13)16-7-6-15-11/h1-7H,8H2,(H2,14,16,17,18). The van der Waals surface area contributed by atoms with Crippen LogP contribution in [0.25, 0.3) is 11.2 Å². The third-order valence-electron chi connectivity index (χ3n) is 2.64. The molecule has 0 amide bonds. The summed E-state index contributed by atoms with van der Waals surface area (Å²) in [4.78, 5) is 16.8. The van der Waals surface area contributed by atoms with Gasteiger partial charge in [-0.3, -0.25) is 0 Å². The number of rotatable bonds is 2. The molecule has 1 aromatic carbocycles. The van der Waals surface area contributed by atoms with Gasteiger partial charge in [-0.05, 0) is 5.56 Å². The maximum Gasteiger partial charge on any atom is 0.222 e. The maximum absolute atomic E-state index is 5.69. The van der Waals surface area contributed by atoms with E-state index in [2.05, 4.69) is 19.9 Å². The molecule has 5 heteroatoms. The van der Waals surface area contributed by atoms with Crippen molar-refractivity contribution < 1.29 is 0 Å². The van der Waals surface area contributed by atoms with Crippen LogP contribution in [0.15, 0.2) is 42.7 Å². The molecule has 0 unspecified atom stereocenters. The van der Waals surface area contributed by atoms with Gasteiger partial charge in [0.15, 0.2) is 5.65 Å². The van der Waals surface area contributed by atoms with Crippen LogP contribution in [0, 0.1) is 0 Å². The van der Waals surface area contributed by atoms with Gasteiger partial charge in [-0.2, -0.15) is 4.98 Å². The number of hydrogen-bond acceptors (Lipinski definition) is 5. The number of nitrogen functional groups attached to an aromatic ring is 1. The summed E-state index contributed by atoms with van der Waals surface area (Å²) in [6.45, 7) is 0. The predicted molar refractivity (Wildman–Crippen MR) is 68.8 cm³/mol. The fourth-order valence-electron chi connectivity index (χ4n) is 1.85. The second-order valence-electron chi connectivity index (χ2n) is 3.92. The van der Waals surface area contributed by atoms with Crippen LogP contribution < -0.4 is 5.73 Å². The van der Waals surface area contributed by atoms with Crippen LogP contribution in [0.1, 0.15) is 11.3 Å². The smallest absolute Gasteiger partial charge is 0.222 e. The summed E-state index contributed by atoms with van der Waals surface area (Å²) in [5.74, 6) is 0.230. The fraction of sp³-hybridized carbons (Fsp3) is 0.0769. The van der Waals surface area contributed by atoms with Crippen molar-refractivity contribution in [2.75, 3.05) is 5.73 Å². The van der Waals surface area contributed by atoms with E-state index in [0.29, 0.717) is 17.6 Å². The first-order chi connectivity index (χ1) is 8.83. The summed E-state index contributed by atoms with van der Waals surface area (Å²) in [6.07, 6.45) is 3.90. The van der Waals surface area contributed by atoms with Crippen molar-refractivity contribution >= 4 is 17.1 Å². The van der Waals surface area contributed by atoms with Gasteiger partial charge < -0.3 is 5.73 Å². The van der Waals surface area contributed by atoms with E-state index in [0.717, 1.165) is 11.3 Å². The van der Waals surface area contributed by atoms with Crippen LogP contribution >= 0.6 is 0 Å². The van der Waals surface area contributed by atoms with E-state index in [1.807, 2.05) is 30.3 Å². The van der Waals surface area contributed by atoms with E-state index in [1.165, 1.54) is 0 Å². The third-order valence-corrected chi connectivity index (χ3v) is 2.64.